The minimum Gasteiger partial charge on any atom is -0.383 e. The zero-order chi connectivity index (χ0) is 19.0. The van der Waals surface area contributed by atoms with Gasteiger partial charge in [-0.15, -0.1) is 0 Å². The standard InChI is InChI=1S/C17H18ClN7O/c1-5-9(2)25-16(23-24-7-6-12(18)13(24)17(25)26)11(4)22-15-10(3)14(19)20-8-21-15/h5-8,11H,1-2H2,3-4H3,(H3,19,20,21,22). The van der Waals surface area contributed by atoms with Crippen molar-refractivity contribution in [1.82, 2.24) is 24.1 Å². The zero-order valence-electron chi connectivity index (χ0n) is 14.4. The summed E-state index contributed by atoms with van der Waals surface area (Å²) in [6.45, 7) is 11.2. The van der Waals surface area contributed by atoms with Crippen LogP contribution in [-0.2, 0) is 0 Å². The molecule has 9 heteroatoms. The fourth-order valence-electron chi connectivity index (χ4n) is 2.58. The molecule has 0 aliphatic carbocycles. The van der Waals surface area contributed by atoms with Crippen LogP contribution in [0.1, 0.15) is 24.4 Å². The molecule has 1 unspecified atom stereocenters. The zero-order valence-corrected chi connectivity index (χ0v) is 15.2. The van der Waals surface area contributed by atoms with Crippen molar-refractivity contribution < 1.29 is 0 Å². The second-order valence-electron chi connectivity index (χ2n) is 5.75. The van der Waals surface area contributed by atoms with E-state index >= 15 is 0 Å². The van der Waals surface area contributed by atoms with E-state index in [1.807, 2.05) is 13.8 Å². The molecule has 0 saturated heterocycles. The van der Waals surface area contributed by atoms with Crippen LogP contribution in [0.3, 0.4) is 0 Å². The number of anilines is 2. The molecular formula is C17H18ClN7O. The predicted octanol–water partition coefficient (Wildman–Crippen LogP) is 2.66. The van der Waals surface area contributed by atoms with Crippen LogP contribution in [0.25, 0.3) is 11.2 Å². The third-order valence-corrected chi connectivity index (χ3v) is 4.35. The largest absolute Gasteiger partial charge is 0.383 e. The summed E-state index contributed by atoms with van der Waals surface area (Å²) < 4.78 is 2.83. The van der Waals surface area contributed by atoms with Crippen LogP contribution in [-0.4, -0.2) is 24.1 Å². The summed E-state index contributed by atoms with van der Waals surface area (Å²) in [7, 11) is 0. The molecule has 3 N–H and O–H groups in total. The number of hydrogen-bond donors (Lipinski definition) is 2. The molecule has 0 spiro atoms. The Morgan fingerprint density at radius 2 is 2.19 bits per heavy atom. The summed E-state index contributed by atoms with van der Waals surface area (Å²) in [6.07, 6.45) is 4.49. The van der Waals surface area contributed by atoms with E-state index in [4.69, 9.17) is 17.3 Å². The Labute approximate surface area is 154 Å². The SMILES string of the molecule is C=CC(=C)n1c(C(C)Nc2ncnc(N)c2C)nn2ccc(Cl)c2c1=O. The van der Waals surface area contributed by atoms with Crippen LogP contribution in [0.2, 0.25) is 5.02 Å². The molecule has 26 heavy (non-hydrogen) atoms. The summed E-state index contributed by atoms with van der Waals surface area (Å²) in [4.78, 5) is 21.1. The smallest absolute Gasteiger partial charge is 0.284 e. The lowest BCUT2D eigenvalue weighted by Crippen LogP contribution is -2.29. The Morgan fingerprint density at radius 3 is 2.88 bits per heavy atom. The van der Waals surface area contributed by atoms with Crippen LogP contribution in [0.15, 0.2) is 42.6 Å². The van der Waals surface area contributed by atoms with Crippen molar-refractivity contribution in [1.29, 1.82) is 0 Å². The van der Waals surface area contributed by atoms with E-state index < -0.39 is 6.04 Å². The maximum atomic E-state index is 12.9. The molecule has 1 atom stereocenters. The van der Waals surface area contributed by atoms with Crippen molar-refractivity contribution in [2.24, 2.45) is 0 Å². The number of hydrogen-bond acceptors (Lipinski definition) is 6. The average Bonchev–Trinajstić information content (AvgIpc) is 2.99. The van der Waals surface area contributed by atoms with Gasteiger partial charge in [0.15, 0.2) is 5.82 Å². The van der Waals surface area contributed by atoms with Gasteiger partial charge in [0.1, 0.15) is 23.5 Å². The number of halogens is 1. The molecule has 0 aromatic carbocycles. The molecule has 3 rings (SSSR count). The third-order valence-electron chi connectivity index (χ3n) is 4.05. The van der Waals surface area contributed by atoms with Gasteiger partial charge in [-0.2, -0.15) is 5.10 Å². The highest BCUT2D eigenvalue weighted by atomic mass is 35.5. The van der Waals surface area contributed by atoms with Crippen molar-refractivity contribution in [3.05, 3.63) is 64.6 Å². The van der Waals surface area contributed by atoms with Gasteiger partial charge in [-0.1, -0.05) is 24.8 Å². The van der Waals surface area contributed by atoms with Crippen molar-refractivity contribution in [2.75, 3.05) is 11.1 Å². The predicted molar refractivity (Wildman–Crippen MR) is 103 cm³/mol. The lowest BCUT2D eigenvalue weighted by molar-refractivity contribution is 0.680. The second-order valence-corrected chi connectivity index (χ2v) is 6.16. The molecule has 0 radical (unpaired) electrons. The van der Waals surface area contributed by atoms with Gasteiger partial charge in [0.2, 0.25) is 0 Å². The van der Waals surface area contributed by atoms with Gasteiger partial charge >= 0.3 is 0 Å². The Hall–Kier alpha value is -3.13. The van der Waals surface area contributed by atoms with Gasteiger partial charge in [0.25, 0.3) is 5.56 Å². The van der Waals surface area contributed by atoms with E-state index in [1.54, 1.807) is 12.3 Å². The monoisotopic (exact) mass is 371 g/mol. The second kappa shape index (κ2) is 6.64. The molecule has 8 nitrogen and oxygen atoms in total. The van der Waals surface area contributed by atoms with E-state index in [9.17, 15) is 4.79 Å². The molecule has 0 aliphatic heterocycles. The van der Waals surface area contributed by atoms with Crippen molar-refractivity contribution in [3.8, 4) is 0 Å². The maximum absolute atomic E-state index is 12.9. The van der Waals surface area contributed by atoms with Crippen LogP contribution in [0.4, 0.5) is 11.6 Å². The summed E-state index contributed by atoms with van der Waals surface area (Å²) >= 11 is 6.12. The highest BCUT2D eigenvalue weighted by Crippen LogP contribution is 2.23. The van der Waals surface area contributed by atoms with E-state index in [0.717, 1.165) is 0 Å². The van der Waals surface area contributed by atoms with Crippen molar-refractivity contribution in [2.45, 2.75) is 19.9 Å². The van der Waals surface area contributed by atoms with E-state index in [1.165, 1.54) is 21.5 Å². The van der Waals surface area contributed by atoms with Crippen LogP contribution < -0.4 is 16.6 Å². The first-order chi connectivity index (χ1) is 12.3. The maximum Gasteiger partial charge on any atom is 0.284 e. The molecule has 3 aromatic heterocycles. The number of aromatic nitrogens is 5. The fourth-order valence-corrected chi connectivity index (χ4v) is 2.80. The van der Waals surface area contributed by atoms with Gasteiger partial charge in [-0.05, 0) is 26.0 Å². The lowest BCUT2D eigenvalue weighted by Gasteiger charge is -2.20. The van der Waals surface area contributed by atoms with Crippen molar-refractivity contribution in [3.63, 3.8) is 0 Å². The van der Waals surface area contributed by atoms with Gasteiger partial charge in [0, 0.05) is 17.5 Å². The molecule has 3 heterocycles. The Kier molecular flexibility index (Phi) is 4.52. The van der Waals surface area contributed by atoms with Crippen LogP contribution in [0, 0.1) is 6.92 Å². The molecule has 0 amide bonds. The van der Waals surface area contributed by atoms with Crippen molar-refractivity contribution >= 4 is 34.5 Å². The first-order valence-corrected chi connectivity index (χ1v) is 8.18. The first kappa shape index (κ1) is 17.7. The molecule has 134 valence electrons. The van der Waals surface area contributed by atoms with Gasteiger partial charge in [-0.25, -0.2) is 14.5 Å². The Morgan fingerprint density at radius 1 is 1.46 bits per heavy atom. The molecule has 0 fully saturated rings. The van der Waals surface area contributed by atoms with E-state index in [0.29, 0.717) is 33.7 Å². The quantitative estimate of drug-likeness (QED) is 0.668. The summed E-state index contributed by atoms with van der Waals surface area (Å²) in [6, 6.07) is 1.22. The Balaban J connectivity index is 2.16. The van der Waals surface area contributed by atoms with E-state index in [2.05, 4.69) is 33.5 Å². The molecular weight excluding hydrogens is 354 g/mol. The minimum absolute atomic E-state index is 0.271. The summed E-state index contributed by atoms with van der Waals surface area (Å²) in [5.41, 5.74) is 6.87. The molecule has 0 aliphatic rings. The van der Waals surface area contributed by atoms with E-state index in [-0.39, 0.29) is 11.1 Å². The van der Waals surface area contributed by atoms with Crippen LogP contribution >= 0.6 is 11.6 Å². The summed E-state index contributed by atoms with van der Waals surface area (Å²) in [5.74, 6) is 1.36. The first-order valence-electron chi connectivity index (χ1n) is 7.80. The number of allylic oxidation sites excluding steroid dienone is 2. The number of nitrogens with two attached hydrogens (primary N) is 1. The fraction of sp³-hybridized carbons (Fsp3) is 0.176. The highest BCUT2D eigenvalue weighted by Gasteiger charge is 2.20. The van der Waals surface area contributed by atoms with Crippen LogP contribution in [0.5, 0.6) is 0 Å². The Bertz CT molecular complexity index is 1080. The molecule has 0 bridgehead atoms. The highest BCUT2D eigenvalue weighted by molar-refractivity contribution is 6.33. The number of nitrogens with one attached hydrogen (secondary N) is 1. The number of nitrogens with zero attached hydrogens (tertiary/aromatic N) is 5. The number of nitrogen functional groups attached to an aromatic ring is 1. The van der Waals surface area contributed by atoms with Gasteiger partial charge in [-0.3, -0.25) is 9.36 Å². The normalized spacial score (nSPS) is 12.1. The van der Waals surface area contributed by atoms with Gasteiger partial charge < -0.3 is 11.1 Å². The molecule has 0 saturated carbocycles. The lowest BCUT2D eigenvalue weighted by atomic mass is 10.2. The summed E-state index contributed by atoms with van der Waals surface area (Å²) in [5, 5.41) is 8.05. The molecule has 3 aromatic rings. The number of fused-ring (bicyclic) bond motifs is 1. The average molecular weight is 372 g/mol. The minimum atomic E-state index is -0.391. The number of rotatable bonds is 5. The topological polar surface area (TPSA) is 103 Å². The van der Waals surface area contributed by atoms with Gasteiger partial charge in [0.05, 0.1) is 11.1 Å². The third kappa shape index (κ3) is 2.84.